The van der Waals surface area contributed by atoms with Gasteiger partial charge in [-0.1, -0.05) is 18.2 Å². The molecule has 0 saturated carbocycles. The zero-order valence-corrected chi connectivity index (χ0v) is 13.6. The monoisotopic (exact) mass is 302 g/mol. The number of benzene rings is 1. The second kappa shape index (κ2) is 6.69. The van der Waals surface area contributed by atoms with Gasteiger partial charge in [0.15, 0.2) is 0 Å². The largest absolute Gasteiger partial charge is 0.496 e. The molecule has 0 bridgehead atoms. The first-order chi connectivity index (χ1) is 10.7. The van der Waals surface area contributed by atoms with Crippen molar-refractivity contribution in [2.75, 3.05) is 27.2 Å². The van der Waals surface area contributed by atoms with Crippen molar-refractivity contribution in [3.8, 4) is 5.75 Å². The van der Waals surface area contributed by atoms with E-state index in [1.54, 1.807) is 7.11 Å². The van der Waals surface area contributed by atoms with E-state index in [2.05, 4.69) is 16.8 Å². The highest BCUT2D eigenvalue weighted by atomic mass is 16.5. The van der Waals surface area contributed by atoms with Gasteiger partial charge in [0.2, 0.25) is 5.91 Å². The normalized spacial score (nSPS) is 25.6. The first kappa shape index (κ1) is 15.3. The van der Waals surface area contributed by atoms with Crippen molar-refractivity contribution in [2.24, 2.45) is 0 Å². The molecule has 2 atom stereocenters. The van der Waals surface area contributed by atoms with Crippen LogP contribution < -0.4 is 4.74 Å². The number of carbonyl (C=O) groups is 1. The Hall–Kier alpha value is -1.55. The van der Waals surface area contributed by atoms with Crippen LogP contribution in [0.3, 0.4) is 0 Å². The van der Waals surface area contributed by atoms with Gasteiger partial charge in [-0.05, 0) is 45.3 Å². The Bertz CT molecular complexity index is 532. The fourth-order valence-corrected chi connectivity index (χ4v) is 4.04. The van der Waals surface area contributed by atoms with Gasteiger partial charge in [0, 0.05) is 24.2 Å². The summed E-state index contributed by atoms with van der Waals surface area (Å²) < 4.78 is 5.37. The molecule has 120 valence electrons. The number of nitrogens with zero attached hydrogens (tertiary/aromatic N) is 2. The molecule has 1 aromatic rings. The van der Waals surface area contributed by atoms with Gasteiger partial charge in [0.25, 0.3) is 0 Å². The molecular weight excluding hydrogens is 276 g/mol. The molecule has 0 spiro atoms. The van der Waals surface area contributed by atoms with Crippen LogP contribution in [0.4, 0.5) is 0 Å². The molecule has 4 nitrogen and oxygen atoms in total. The highest BCUT2D eigenvalue weighted by Gasteiger charge is 2.38. The lowest BCUT2D eigenvalue weighted by molar-refractivity contribution is -0.132. The first-order valence-electron chi connectivity index (χ1n) is 8.32. The molecule has 0 aromatic heterocycles. The van der Waals surface area contributed by atoms with Crippen LogP contribution >= 0.6 is 0 Å². The molecule has 2 aliphatic rings. The van der Waals surface area contributed by atoms with Crippen molar-refractivity contribution >= 4 is 5.91 Å². The summed E-state index contributed by atoms with van der Waals surface area (Å²) in [4.78, 5) is 17.4. The average Bonchev–Trinajstić information content (AvgIpc) is 3.16. The maximum absolute atomic E-state index is 12.8. The highest BCUT2D eigenvalue weighted by Crippen LogP contribution is 2.30. The van der Waals surface area contributed by atoms with Gasteiger partial charge in [0.05, 0.1) is 13.5 Å². The van der Waals surface area contributed by atoms with Crippen molar-refractivity contribution in [2.45, 2.75) is 44.2 Å². The van der Waals surface area contributed by atoms with E-state index in [9.17, 15) is 4.79 Å². The fraction of sp³-hybridized carbons (Fsp3) is 0.611. The molecule has 0 radical (unpaired) electrons. The third kappa shape index (κ3) is 2.98. The predicted octanol–water partition coefficient (Wildman–Crippen LogP) is 2.32. The van der Waals surface area contributed by atoms with Crippen LogP contribution in [0, 0.1) is 0 Å². The summed E-state index contributed by atoms with van der Waals surface area (Å²) in [6.07, 6.45) is 5.20. The Kier molecular flexibility index (Phi) is 4.67. The summed E-state index contributed by atoms with van der Waals surface area (Å²) >= 11 is 0. The molecule has 2 saturated heterocycles. The molecule has 0 N–H and O–H groups in total. The number of carbonyl (C=O) groups excluding carboxylic acids is 1. The molecular formula is C18H26N2O2. The minimum Gasteiger partial charge on any atom is -0.496 e. The lowest BCUT2D eigenvalue weighted by Gasteiger charge is -2.33. The van der Waals surface area contributed by atoms with Gasteiger partial charge in [-0.3, -0.25) is 4.79 Å². The molecule has 2 aliphatic heterocycles. The smallest absolute Gasteiger partial charge is 0.227 e. The Morgan fingerprint density at radius 1 is 1.18 bits per heavy atom. The number of rotatable bonds is 4. The van der Waals surface area contributed by atoms with E-state index >= 15 is 0 Å². The second-order valence-corrected chi connectivity index (χ2v) is 6.48. The van der Waals surface area contributed by atoms with E-state index in [0.29, 0.717) is 18.5 Å². The van der Waals surface area contributed by atoms with Gasteiger partial charge < -0.3 is 14.5 Å². The number of hydrogen-bond acceptors (Lipinski definition) is 3. The standard InChI is InChI=1S/C18H26N2O2/c1-19-11-5-8-15(19)16-9-6-12-20(16)18(21)13-14-7-3-4-10-17(14)22-2/h3-4,7,10,15-16H,5-6,8-9,11-13H2,1-2H3/t15-,16-/m0/s1. The quantitative estimate of drug-likeness (QED) is 0.856. The van der Waals surface area contributed by atoms with Gasteiger partial charge in [-0.2, -0.15) is 0 Å². The fourth-order valence-electron chi connectivity index (χ4n) is 4.04. The molecule has 22 heavy (non-hydrogen) atoms. The van der Waals surface area contributed by atoms with E-state index in [0.717, 1.165) is 37.2 Å². The van der Waals surface area contributed by atoms with Crippen molar-refractivity contribution in [3.05, 3.63) is 29.8 Å². The summed E-state index contributed by atoms with van der Waals surface area (Å²) in [5.41, 5.74) is 0.987. The van der Waals surface area contributed by atoms with E-state index < -0.39 is 0 Å². The lowest BCUT2D eigenvalue weighted by atomic mass is 10.0. The van der Waals surface area contributed by atoms with Crippen molar-refractivity contribution in [1.82, 2.24) is 9.80 Å². The average molecular weight is 302 g/mol. The van der Waals surface area contributed by atoms with Gasteiger partial charge >= 0.3 is 0 Å². The molecule has 2 fully saturated rings. The molecule has 0 unspecified atom stereocenters. The lowest BCUT2D eigenvalue weighted by Crippen LogP contribution is -2.47. The molecule has 2 heterocycles. The van der Waals surface area contributed by atoms with Gasteiger partial charge in [-0.25, -0.2) is 0 Å². The molecule has 1 aromatic carbocycles. The van der Waals surface area contributed by atoms with E-state index in [1.165, 1.54) is 12.8 Å². The number of likely N-dealkylation sites (tertiary alicyclic amines) is 2. The van der Waals surface area contributed by atoms with Crippen LogP contribution in [0.25, 0.3) is 0 Å². The summed E-state index contributed by atoms with van der Waals surface area (Å²) in [5, 5.41) is 0. The van der Waals surface area contributed by atoms with Crippen LogP contribution in [0.1, 0.15) is 31.2 Å². The third-order valence-corrected chi connectivity index (χ3v) is 5.17. The van der Waals surface area contributed by atoms with Crippen molar-refractivity contribution < 1.29 is 9.53 Å². The minimum absolute atomic E-state index is 0.243. The Balaban J connectivity index is 1.71. The molecule has 1 amide bonds. The van der Waals surface area contributed by atoms with E-state index in [-0.39, 0.29) is 5.91 Å². The number of para-hydroxylation sites is 1. The molecule has 4 heteroatoms. The summed E-state index contributed by atoms with van der Waals surface area (Å²) in [7, 11) is 3.86. The van der Waals surface area contributed by atoms with Gasteiger partial charge in [-0.15, -0.1) is 0 Å². The highest BCUT2D eigenvalue weighted by molar-refractivity contribution is 5.80. The number of hydrogen-bond donors (Lipinski definition) is 0. The number of amides is 1. The van der Waals surface area contributed by atoms with Crippen LogP contribution in [-0.4, -0.2) is 55.0 Å². The number of ether oxygens (including phenoxy) is 1. The van der Waals surface area contributed by atoms with Crippen LogP contribution in [0.2, 0.25) is 0 Å². The Labute approximate surface area is 133 Å². The summed E-state index contributed by atoms with van der Waals surface area (Å²) in [6, 6.07) is 8.77. The minimum atomic E-state index is 0.243. The van der Waals surface area contributed by atoms with Gasteiger partial charge in [0.1, 0.15) is 5.75 Å². The first-order valence-corrected chi connectivity index (χ1v) is 8.32. The maximum atomic E-state index is 12.8. The summed E-state index contributed by atoms with van der Waals surface area (Å²) in [5.74, 6) is 1.05. The topological polar surface area (TPSA) is 32.8 Å². The molecule has 3 rings (SSSR count). The number of likely N-dealkylation sites (N-methyl/N-ethyl adjacent to an activating group) is 1. The Morgan fingerprint density at radius 3 is 2.64 bits per heavy atom. The molecule has 0 aliphatic carbocycles. The van der Waals surface area contributed by atoms with Crippen LogP contribution in [0.15, 0.2) is 24.3 Å². The van der Waals surface area contributed by atoms with E-state index in [1.807, 2.05) is 24.3 Å². The van der Waals surface area contributed by atoms with Crippen LogP contribution in [-0.2, 0) is 11.2 Å². The van der Waals surface area contributed by atoms with Crippen molar-refractivity contribution in [1.29, 1.82) is 0 Å². The summed E-state index contributed by atoms with van der Waals surface area (Å²) in [6.45, 7) is 2.07. The third-order valence-electron chi connectivity index (χ3n) is 5.17. The maximum Gasteiger partial charge on any atom is 0.227 e. The second-order valence-electron chi connectivity index (χ2n) is 6.48. The Morgan fingerprint density at radius 2 is 1.91 bits per heavy atom. The van der Waals surface area contributed by atoms with Crippen molar-refractivity contribution in [3.63, 3.8) is 0 Å². The van der Waals surface area contributed by atoms with Crippen LogP contribution in [0.5, 0.6) is 5.75 Å². The van der Waals surface area contributed by atoms with E-state index in [4.69, 9.17) is 4.74 Å². The number of methoxy groups -OCH3 is 1. The zero-order chi connectivity index (χ0) is 15.5. The predicted molar refractivity (Wildman–Crippen MR) is 87.1 cm³/mol. The SMILES string of the molecule is COc1ccccc1CC(=O)N1CCC[C@H]1[C@@H]1CCCN1C. The zero-order valence-electron chi connectivity index (χ0n) is 13.6.